The maximum atomic E-state index is 6.67. The molecule has 1 heterocycles. The lowest BCUT2D eigenvalue weighted by Crippen LogP contribution is -2.24. The van der Waals surface area contributed by atoms with Gasteiger partial charge in [-0.25, -0.2) is 0 Å². The van der Waals surface area contributed by atoms with Crippen LogP contribution < -0.4 is 19.9 Å². The average molecular weight is 426 g/mol. The Balaban J connectivity index is 1.76. The number of benzene rings is 4. The first-order valence-corrected chi connectivity index (χ1v) is 10.8. The zero-order valence-electron chi connectivity index (χ0n) is 18.6. The summed E-state index contributed by atoms with van der Waals surface area (Å²) in [5.41, 5.74) is 11.3. The molecule has 0 atom stereocenters. The predicted molar refractivity (Wildman–Crippen MR) is 130 cm³/mol. The lowest BCUT2D eigenvalue weighted by atomic mass is 9.89. The Hall–Kier alpha value is -3.66. The Morgan fingerprint density at radius 1 is 0.938 bits per heavy atom. The van der Waals surface area contributed by atoms with Gasteiger partial charge in [0.2, 0.25) is 0 Å². The van der Waals surface area contributed by atoms with E-state index in [0.29, 0.717) is 18.0 Å². The predicted octanol–water partition coefficient (Wildman–Crippen LogP) is 6.39. The minimum Gasteiger partial charge on any atom is -0.493 e. The summed E-state index contributed by atoms with van der Waals surface area (Å²) in [5.74, 6) is 2.25. The molecule has 0 saturated carbocycles. The first-order chi connectivity index (χ1) is 15.5. The van der Waals surface area contributed by atoms with E-state index in [0.717, 1.165) is 50.9 Å². The van der Waals surface area contributed by atoms with E-state index in [9.17, 15) is 0 Å². The number of fused-ring (bicyclic) bond motifs is 3. The van der Waals surface area contributed by atoms with Gasteiger partial charge in [0.15, 0.2) is 11.5 Å². The van der Waals surface area contributed by atoms with Crippen molar-refractivity contribution in [3.63, 3.8) is 0 Å². The third-order valence-corrected chi connectivity index (χ3v) is 5.94. The zero-order chi connectivity index (χ0) is 22.3. The van der Waals surface area contributed by atoms with E-state index < -0.39 is 0 Å². The minimum atomic E-state index is -0.326. The van der Waals surface area contributed by atoms with E-state index in [1.54, 1.807) is 7.11 Å². The van der Waals surface area contributed by atoms with Crippen molar-refractivity contribution in [3.8, 4) is 28.4 Å². The highest BCUT2D eigenvalue weighted by molar-refractivity contribution is 6.09. The smallest absolute Gasteiger partial charge is 0.165 e. The molecule has 4 heteroatoms. The highest BCUT2D eigenvalue weighted by Gasteiger charge is 2.36. The quantitative estimate of drug-likeness (QED) is 0.376. The van der Waals surface area contributed by atoms with Crippen LogP contribution in [0.3, 0.4) is 0 Å². The van der Waals surface area contributed by atoms with Gasteiger partial charge in [0.25, 0.3) is 0 Å². The summed E-state index contributed by atoms with van der Waals surface area (Å²) >= 11 is 0. The third-order valence-electron chi connectivity index (χ3n) is 5.94. The molecule has 2 N–H and O–H groups in total. The van der Waals surface area contributed by atoms with Crippen LogP contribution >= 0.6 is 0 Å². The van der Waals surface area contributed by atoms with Crippen molar-refractivity contribution in [2.75, 3.05) is 12.8 Å². The monoisotopic (exact) mass is 425 g/mol. The van der Waals surface area contributed by atoms with Gasteiger partial charge in [-0.05, 0) is 31.0 Å². The van der Waals surface area contributed by atoms with Gasteiger partial charge in [-0.1, -0.05) is 60.7 Å². The standard InChI is InChI=1S/C28H27NO3/c1-28(2)16-21-26-20(14-24(30-3)27(21)32-28)23(31-17-18-10-6-4-7-11-18)15-22(29)25(26)19-12-8-5-9-13-19/h4-15H,16-17,29H2,1-3H3. The summed E-state index contributed by atoms with van der Waals surface area (Å²) in [7, 11) is 1.68. The number of nitrogens with two attached hydrogens (primary N) is 1. The Morgan fingerprint density at radius 3 is 2.31 bits per heavy atom. The Bertz CT molecular complexity index is 1280. The van der Waals surface area contributed by atoms with Gasteiger partial charge in [-0.3, -0.25) is 0 Å². The first kappa shape index (κ1) is 20.3. The largest absolute Gasteiger partial charge is 0.493 e. The molecule has 4 aromatic carbocycles. The maximum absolute atomic E-state index is 6.67. The fraction of sp³-hybridized carbons (Fsp3) is 0.214. The van der Waals surface area contributed by atoms with Crippen LogP contribution in [-0.4, -0.2) is 12.7 Å². The molecule has 4 aromatic rings. The molecular weight excluding hydrogens is 398 g/mol. The van der Waals surface area contributed by atoms with Gasteiger partial charge in [0.1, 0.15) is 18.0 Å². The van der Waals surface area contributed by atoms with Gasteiger partial charge in [-0.15, -0.1) is 0 Å². The molecule has 1 aliphatic heterocycles. The second-order valence-corrected chi connectivity index (χ2v) is 8.83. The van der Waals surface area contributed by atoms with Crippen LogP contribution in [0.5, 0.6) is 17.2 Å². The molecule has 32 heavy (non-hydrogen) atoms. The fourth-order valence-corrected chi connectivity index (χ4v) is 4.55. The molecule has 0 amide bonds. The highest BCUT2D eigenvalue weighted by atomic mass is 16.5. The summed E-state index contributed by atoms with van der Waals surface area (Å²) in [6.45, 7) is 4.65. The SMILES string of the molecule is COc1cc2c(OCc3ccccc3)cc(N)c(-c3ccccc3)c2c2c1OC(C)(C)C2. The van der Waals surface area contributed by atoms with E-state index >= 15 is 0 Å². The van der Waals surface area contributed by atoms with Gasteiger partial charge >= 0.3 is 0 Å². The molecule has 5 rings (SSSR count). The molecule has 0 saturated heterocycles. The lowest BCUT2D eigenvalue weighted by Gasteiger charge is -2.19. The number of rotatable bonds is 5. The van der Waals surface area contributed by atoms with Crippen LogP contribution in [-0.2, 0) is 13.0 Å². The van der Waals surface area contributed by atoms with E-state index in [4.69, 9.17) is 19.9 Å². The summed E-state index contributed by atoms with van der Waals surface area (Å²) in [4.78, 5) is 0. The first-order valence-electron chi connectivity index (χ1n) is 10.8. The van der Waals surface area contributed by atoms with Crippen molar-refractivity contribution in [1.29, 1.82) is 0 Å². The van der Waals surface area contributed by atoms with Crippen molar-refractivity contribution in [1.82, 2.24) is 0 Å². The highest BCUT2D eigenvalue weighted by Crippen LogP contribution is 2.51. The molecule has 0 fully saturated rings. The van der Waals surface area contributed by atoms with Crippen molar-refractivity contribution in [2.24, 2.45) is 0 Å². The van der Waals surface area contributed by atoms with Crippen molar-refractivity contribution in [3.05, 3.63) is 83.9 Å². The van der Waals surface area contributed by atoms with Crippen molar-refractivity contribution in [2.45, 2.75) is 32.5 Å². The number of anilines is 1. The molecule has 0 aromatic heterocycles. The summed E-state index contributed by atoms with van der Waals surface area (Å²) in [6, 6.07) is 24.3. The molecule has 0 unspecified atom stereocenters. The average Bonchev–Trinajstić information content (AvgIpc) is 3.13. The summed E-state index contributed by atoms with van der Waals surface area (Å²) < 4.78 is 18.4. The molecule has 0 bridgehead atoms. The zero-order valence-corrected chi connectivity index (χ0v) is 18.6. The molecule has 0 aliphatic carbocycles. The van der Waals surface area contributed by atoms with E-state index in [1.165, 1.54) is 0 Å². The molecule has 1 aliphatic rings. The number of hydrogen-bond acceptors (Lipinski definition) is 4. The van der Waals surface area contributed by atoms with Crippen molar-refractivity contribution < 1.29 is 14.2 Å². The van der Waals surface area contributed by atoms with Crippen LogP contribution in [0.15, 0.2) is 72.8 Å². The normalized spacial score (nSPS) is 14.1. The Morgan fingerprint density at radius 2 is 1.62 bits per heavy atom. The molecule has 0 radical (unpaired) electrons. The lowest BCUT2D eigenvalue weighted by molar-refractivity contribution is 0.134. The third kappa shape index (κ3) is 3.52. The molecular formula is C28H27NO3. The summed E-state index contributed by atoms with van der Waals surface area (Å²) in [5, 5.41) is 2.05. The Kier molecular flexibility index (Phi) is 4.93. The number of nitrogen functional groups attached to an aromatic ring is 1. The Labute approximate surface area is 188 Å². The van der Waals surface area contributed by atoms with Gasteiger partial charge in [0.05, 0.1) is 7.11 Å². The number of hydrogen-bond donors (Lipinski definition) is 1. The van der Waals surface area contributed by atoms with E-state index in [2.05, 4.69) is 38.1 Å². The minimum absolute atomic E-state index is 0.326. The molecule has 4 nitrogen and oxygen atoms in total. The van der Waals surface area contributed by atoms with Gasteiger partial charge in [0, 0.05) is 40.1 Å². The van der Waals surface area contributed by atoms with E-state index in [1.807, 2.05) is 48.5 Å². The van der Waals surface area contributed by atoms with Crippen LogP contribution in [0.1, 0.15) is 25.0 Å². The van der Waals surface area contributed by atoms with Crippen LogP contribution in [0, 0.1) is 0 Å². The molecule has 0 spiro atoms. The second kappa shape index (κ2) is 7.79. The van der Waals surface area contributed by atoms with Crippen LogP contribution in [0.4, 0.5) is 5.69 Å². The summed E-state index contributed by atoms with van der Waals surface area (Å²) in [6.07, 6.45) is 0.761. The molecule has 162 valence electrons. The van der Waals surface area contributed by atoms with Gasteiger partial charge < -0.3 is 19.9 Å². The topological polar surface area (TPSA) is 53.7 Å². The number of ether oxygens (including phenoxy) is 3. The second-order valence-electron chi connectivity index (χ2n) is 8.83. The van der Waals surface area contributed by atoms with E-state index in [-0.39, 0.29) is 5.60 Å². The van der Waals surface area contributed by atoms with Crippen LogP contribution in [0.2, 0.25) is 0 Å². The number of methoxy groups -OCH3 is 1. The van der Waals surface area contributed by atoms with Crippen LogP contribution in [0.25, 0.3) is 21.9 Å². The van der Waals surface area contributed by atoms with Crippen molar-refractivity contribution >= 4 is 16.5 Å². The fourth-order valence-electron chi connectivity index (χ4n) is 4.55. The van der Waals surface area contributed by atoms with Gasteiger partial charge in [-0.2, -0.15) is 0 Å². The maximum Gasteiger partial charge on any atom is 0.165 e.